The third kappa shape index (κ3) is 5.54. The average molecular weight is 637 g/mol. The van der Waals surface area contributed by atoms with Crippen molar-refractivity contribution in [3.8, 4) is 5.75 Å². The number of H-pyrrole nitrogens is 1. The molecule has 18 heteroatoms. The Bertz CT molecular complexity index is 1660. The van der Waals surface area contributed by atoms with Crippen molar-refractivity contribution in [1.29, 1.82) is 0 Å². The summed E-state index contributed by atoms with van der Waals surface area (Å²) in [5.41, 5.74) is -4.41. The lowest BCUT2D eigenvalue weighted by Crippen LogP contribution is -2.57. The molecule has 2 aromatic heterocycles. The van der Waals surface area contributed by atoms with Crippen LogP contribution in [-0.4, -0.2) is 63.9 Å². The monoisotopic (exact) mass is 636 g/mol. The summed E-state index contributed by atoms with van der Waals surface area (Å²) in [4.78, 5) is 25.8. The highest BCUT2D eigenvalue weighted by molar-refractivity contribution is 7.93. The number of carbonyl (C=O) groups is 1. The molecule has 1 aliphatic rings. The molecule has 0 bridgehead atoms. The lowest BCUT2D eigenvalue weighted by molar-refractivity contribution is -0.175. The number of aromatic amines is 1. The Labute approximate surface area is 242 Å². The van der Waals surface area contributed by atoms with Gasteiger partial charge in [0.25, 0.3) is 10.0 Å². The summed E-state index contributed by atoms with van der Waals surface area (Å²) in [7, 11) is -4.51. The van der Waals surface area contributed by atoms with Crippen LogP contribution >= 0.6 is 11.6 Å². The van der Waals surface area contributed by atoms with Crippen molar-refractivity contribution in [3.05, 3.63) is 45.9 Å². The minimum absolute atomic E-state index is 0.0443. The molecule has 0 aliphatic carbocycles. The van der Waals surface area contributed by atoms with Gasteiger partial charge in [-0.05, 0) is 45.4 Å². The summed E-state index contributed by atoms with van der Waals surface area (Å²) in [6.07, 6.45) is -6.42. The fraction of sp³-hybridized carbons (Fsp3) is 0.500. The molecular formula is C24H28ClF3N6O7S. The van der Waals surface area contributed by atoms with Gasteiger partial charge in [-0.25, -0.2) is 18.0 Å². The Kier molecular flexibility index (Phi) is 7.82. The summed E-state index contributed by atoms with van der Waals surface area (Å²) >= 11 is 6.18. The van der Waals surface area contributed by atoms with E-state index in [0.29, 0.717) is 20.4 Å². The fourth-order valence-corrected chi connectivity index (χ4v) is 6.54. The van der Waals surface area contributed by atoms with E-state index in [1.165, 1.54) is 16.9 Å². The van der Waals surface area contributed by atoms with Crippen molar-refractivity contribution in [3.63, 3.8) is 0 Å². The molecule has 3 aromatic rings. The van der Waals surface area contributed by atoms with E-state index in [4.69, 9.17) is 16.3 Å². The Balaban J connectivity index is 1.85. The number of amides is 1. The summed E-state index contributed by atoms with van der Waals surface area (Å²) in [5, 5.41) is 17.1. The van der Waals surface area contributed by atoms with E-state index >= 15 is 0 Å². The van der Waals surface area contributed by atoms with Gasteiger partial charge in [-0.3, -0.25) is 23.4 Å². The first-order valence-corrected chi connectivity index (χ1v) is 14.3. The number of nitrogens with one attached hydrogen (secondary N) is 1. The average Bonchev–Trinajstić information content (AvgIpc) is 3.48. The molecule has 0 saturated heterocycles. The summed E-state index contributed by atoms with van der Waals surface area (Å²) < 4.78 is 82.5. The van der Waals surface area contributed by atoms with E-state index in [1.54, 1.807) is 20.8 Å². The standard InChI is InChI=1S/C24H28ClF3N6O7S/c1-6-32-12-17(18(25)30-32)42(38,39)33-11-14(10-22(2,3)19-29-20(35)41-31-19)40-16-8-7-13(9-15(16)33)34(21(36)37)23(4,5)24(26,27)28/h7-9,12,14H,6,10-11H2,1-5H3,(H,36,37)(H,29,31,35)/t14-/m0/s1. The van der Waals surface area contributed by atoms with Gasteiger partial charge >= 0.3 is 18.0 Å². The van der Waals surface area contributed by atoms with Crippen molar-refractivity contribution >= 4 is 39.1 Å². The molecule has 0 saturated carbocycles. The number of anilines is 2. The number of rotatable bonds is 8. The molecule has 0 fully saturated rings. The fourth-order valence-electron chi connectivity index (χ4n) is 4.59. The maximum absolute atomic E-state index is 14.0. The van der Waals surface area contributed by atoms with Gasteiger partial charge < -0.3 is 9.84 Å². The Morgan fingerprint density at radius 1 is 1.26 bits per heavy atom. The number of ether oxygens (including phenoxy) is 1. The lowest BCUT2D eigenvalue weighted by Gasteiger charge is -2.40. The van der Waals surface area contributed by atoms with Crippen LogP contribution in [0.25, 0.3) is 0 Å². The topological polar surface area (TPSA) is 164 Å². The van der Waals surface area contributed by atoms with E-state index in [9.17, 15) is 36.3 Å². The van der Waals surface area contributed by atoms with E-state index in [1.807, 2.05) is 0 Å². The second-order valence-corrected chi connectivity index (χ2v) is 13.0. The largest absolute Gasteiger partial charge is 0.486 e. The normalized spacial score (nSPS) is 16.2. The second-order valence-electron chi connectivity index (χ2n) is 10.8. The molecule has 42 heavy (non-hydrogen) atoms. The summed E-state index contributed by atoms with van der Waals surface area (Å²) in [5.74, 6) is -0.639. The maximum atomic E-state index is 14.0. The number of nitrogens with zero attached hydrogens (tertiary/aromatic N) is 5. The predicted molar refractivity (Wildman–Crippen MR) is 144 cm³/mol. The Hall–Kier alpha value is -3.73. The second kappa shape index (κ2) is 10.5. The molecule has 1 amide bonds. The first kappa shape index (κ1) is 31.2. The predicted octanol–water partition coefficient (Wildman–Crippen LogP) is 4.38. The summed E-state index contributed by atoms with van der Waals surface area (Å²) in [6.45, 7) is 6.47. The molecular weight excluding hydrogens is 609 g/mol. The number of hydrogen-bond donors (Lipinski definition) is 2. The molecule has 0 unspecified atom stereocenters. The number of benzene rings is 1. The Morgan fingerprint density at radius 3 is 2.45 bits per heavy atom. The quantitative estimate of drug-likeness (QED) is 0.365. The van der Waals surface area contributed by atoms with Crippen LogP contribution in [0.4, 0.5) is 29.3 Å². The first-order valence-electron chi connectivity index (χ1n) is 12.5. The van der Waals surface area contributed by atoms with Crippen LogP contribution in [0.15, 0.2) is 38.6 Å². The zero-order valence-electron chi connectivity index (χ0n) is 23.1. The molecule has 230 valence electrons. The molecule has 0 radical (unpaired) electrons. The number of aryl methyl sites for hydroxylation is 1. The molecule has 2 N–H and O–H groups in total. The number of alkyl halides is 3. The lowest BCUT2D eigenvalue weighted by atomic mass is 9.85. The van der Waals surface area contributed by atoms with Gasteiger partial charge in [0.1, 0.15) is 22.3 Å². The first-order chi connectivity index (χ1) is 19.3. The van der Waals surface area contributed by atoms with Crippen molar-refractivity contribution in [2.45, 2.75) is 75.7 Å². The molecule has 1 atom stereocenters. The van der Waals surface area contributed by atoms with Crippen LogP contribution in [0.1, 0.15) is 46.9 Å². The number of aromatic nitrogens is 4. The van der Waals surface area contributed by atoms with E-state index < -0.39 is 50.8 Å². The van der Waals surface area contributed by atoms with Crippen LogP contribution < -0.4 is 19.7 Å². The molecule has 4 rings (SSSR count). The van der Waals surface area contributed by atoms with E-state index in [2.05, 4.69) is 19.8 Å². The highest BCUT2D eigenvalue weighted by atomic mass is 35.5. The van der Waals surface area contributed by atoms with Crippen LogP contribution in [-0.2, 0) is 22.0 Å². The molecule has 1 aliphatic heterocycles. The highest BCUT2D eigenvalue weighted by Gasteiger charge is 2.54. The highest BCUT2D eigenvalue weighted by Crippen LogP contribution is 2.45. The zero-order chi connectivity index (χ0) is 31.4. The number of carboxylic acid groups (broad SMARTS) is 1. The number of halogens is 4. The molecule has 0 spiro atoms. The molecule has 13 nitrogen and oxygen atoms in total. The van der Waals surface area contributed by atoms with Gasteiger partial charge in [-0.15, -0.1) is 0 Å². The zero-order valence-corrected chi connectivity index (χ0v) is 24.6. The summed E-state index contributed by atoms with van der Waals surface area (Å²) in [6, 6.07) is 3.29. The van der Waals surface area contributed by atoms with Gasteiger partial charge in [0.15, 0.2) is 11.0 Å². The van der Waals surface area contributed by atoms with Crippen molar-refractivity contribution in [1.82, 2.24) is 19.9 Å². The van der Waals surface area contributed by atoms with Crippen LogP contribution in [0.2, 0.25) is 5.15 Å². The third-order valence-corrected chi connectivity index (χ3v) is 9.15. The SMILES string of the molecule is CCn1cc(S(=O)(=O)N2C[C@H](CC(C)(C)c3noc(=O)[nH]3)Oc3ccc(N(C(=O)O)C(C)(C)C(F)(F)F)cc32)c(Cl)n1. The maximum Gasteiger partial charge on any atom is 0.438 e. The number of fused-ring (bicyclic) bond motifs is 1. The van der Waals surface area contributed by atoms with Crippen molar-refractivity contribution in [2.75, 3.05) is 15.7 Å². The molecule has 3 heterocycles. The van der Waals surface area contributed by atoms with E-state index in [-0.39, 0.29) is 45.2 Å². The van der Waals surface area contributed by atoms with E-state index in [0.717, 1.165) is 16.4 Å². The van der Waals surface area contributed by atoms with Crippen LogP contribution in [0, 0.1) is 0 Å². The smallest absolute Gasteiger partial charge is 0.438 e. The third-order valence-electron chi connectivity index (χ3n) is 6.97. The van der Waals surface area contributed by atoms with Gasteiger partial charge in [-0.2, -0.15) is 18.3 Å². The van der Waals surface area contributed by atoms with Gasteiger partial charge in [0, 0.05) is 18.2 Å². The van der Waals surface area contributed by atoms with Crippen LogP contribution in [0.5, 0.6) is 5.75 Å². The molecule has 1 aromatic carbocycles. The minimum atomic E-state index is -4.97. The number of hydrogen-bond acceptors (Lipinski definition) is 8. The van der Waals surface area contributed by atoms with Crippen molar-refractivity contribution < 1.29 is 40.8 Å². The van der Waals surface area contributed by atoms with Gasteiger partial charge in [0.05, 0.1) is 17.9 Å². The number of sulfonamides is 1. The minimum Gasteiger partial charge on any atom is -0.486 e. The Morgan fingerprint density at radius 2 is 1.93 bits per heavy atom. The van der Waals surface area contributed by atoms with Gasteiger partial charge in [0.2, 0.25) is 0 Å². The van der Waals surface area contributed by atoms with Crippen molar-refractivity contribution in [2.24, 2.45) is 0 Å². The van der Waals surface area contributed by atoms with Crippen LogP contribution in [0.3, 0.4) is 0 Å². The van der Waals surface area contributed by atoms with Gasteiger partial charge in [-0.1, -0.05) is 30.6 Å².